The van der Waals surface area contributed by atoms with E-state index in [1.54, 1.807) is 27.9 Å². The number of nitrogens with zero attached hydrogens (tertiary/aromatic N) is 1. The first kappa shape index (κ1) is 21.0. The molecule has 0 saturated heterocycles. The highest BCUT2D eigenvalue weighted by molar-refractivity contribution is 5.92. The van der Waals surface area contributed by atoms with Crippen molar-refractivity contribution in [3.8, 4) is 5.75 Å². The molecule has 0 radical (unpaired) electrons. The monoisotopic (exact) mass is 349 g/mol. The normalized spacial score (nSPS) is 12.4. The molecule has 0 unspecified atom stereocenters. The van der Waals surface area contributed by atoms with Crippen LogP contribution in [0.1, 0.15) is 64.9 Å². The Morgan fingerprint density at radius 1 is 1.20 bits per heavy atom. The van der Waals surface area contributed by atoms with E-state index in [2.05, 4.69) is 6.92 Å². The first-order valence-electron chi connectivity index (χ1n) is 8.82. The van der Waals surface area contributed by atoms with Crippen molar-refractivity contribution in [2.45, 2.75) is 64.9 Å². The van der Waals surface area contributed by atoms with Crippen LogP contribution in [0.3, 0.4) is 0 Å². The van der Waals surface area contributed by atoms with Crippen LogP contribution < -0.4 is 4.74 Å². The van der Waals surface area contributed by atoms with Gasteiger partial charge >= 0.3 is 6.09 Å². The number of para-hydroxylation sites is 1. The number of imide groups is 1. The lowest BCUT2D eigenvalue weighted by Crippen LogP contribution is -2.38. The molecule has 1 atom stereocenters. The number of ether oxygens (including phenoxy) is 2. The molecule has 2 amide bonds. The molecular formula is C20H31NO4. The van der Waals surface area contributed by atoms with Crippen LogP contribution in [-0.4, -0.2) is 36.7 Å². The largest absolute Gasteiger partial charge is 0.496 e. The topological polar surface area (TPSA) is 55.8 Å². The predicted molar refractivity (Wildman–Crippen MR) is 98.9 cm³/mol. The van der Waals surface area contributed by atoms with Crippen molar-refractivity contribution in [2.75, 3.05) is 14.2 Å². The van der Waals surface area contributed by atoms with Gasteiger partial charge in [0.05, 0.1) is 7.11 Å². The lowest BCUT2D eigenvalue weighted by Gasteiger charge is -2.25. The minimum atomic E-state index is -0.629. The fraction of sp³-hybridized carbons (Fsp3) is 0.600. The third-order valence-corrected chi connectivity index (χ3v) is 3.95. The van der Waals surface area contributed by atoms with Crippen molar-refractivity contribution in [1.82, 2.24) is 4.90 Å². The molecule has 5 nitrogen and oxygen atoms in total. The molecule has 0 aromatic heterocycles. The van der Waals surface area contributed by atoms with Crippen molar-refractivity contribution < 1.29 is 19.1 Å². The van der Waals surface area contributed by atoms with Crippen LogP contribution in [-0.2, 0) is 9.53 Å². The second-order valence-electron chi connectivity index (χ2n) is 7.22. The van der Waals surface area contributed by atoms with E-state index in [0.29, 0.717) is 0 Å². The standard InChI is InChI=1S/C20H31NO4/c1-7-8-11-15(16-12-9-10-13-17(16)24-6)14-18(22)21(5)19(23)25-20(2,3)4/h9-10,12-13,15H,7-8,11,14H2,1-6H3/t15-/m1/s1. The maximum absolute atomic E-state index is 12.6. The summed E-state index contributed by atoms with van der Waals surface area (Å²) >= 11 is 0. The van der Waals surface area contributed by atoms with E-state index in [1.807, 2.05) is 24.3 Å². The number of methoxy groups -OCH3 is 1. The highest BCUT2D eigenvalue weighted by Crippen LogP contribution is 2.33. The molecule has 0 fully saturated rings. The Morgan fingerprint density at radius 3 is 2.40 bits per heavy atom. The molecule has 140 valence electrons. The predicted octanol–water partition coefficient (Wildman–Crippen LogP) is 4.75. The van der Waals surface area contributed by atoms with E-state index >= 15 is 0 Å². The molecule has 1 aromatic rings. The van der Waals surface area contributed by atoms with Crippen LogP contribution in [0.4, 0.5) is 4.79 Å². The van der Waals surface area contributed by atoms with E-state index < -0.39 is 11.7 Å². The maximum Gasteiger partial charge on any atom is 0.416 e. The molecule has 0 heterocycles. The summed E-state index contributed by atoms with van der Waals surface area (Å²) in [6.45, 7) is 7.46. The van der Waals surface area contributed by atoms with Crippen molar-refractivity contribution in [3.05, 3.63) is 29.8 Å². The Kier molecular flexibility index (Phi) is 7.94. The first-order chi connectivity index (χ1) is 11.7. The zero-order valence-electron chi connectivity index (χ0n) is 16.3. The van der Waals surface area contributed by atoms with E-state index in [1.165, 1.54) is 7.05 Å². The smallest absolute Gasteiger partial charge is 0.416 e. The van der Waals surface area contributed by atoms with Gasteiger partial charge in [0.2, 0.25) is 5.91 Å². The van der Waals surface area contributed by atoms with E-state index in [-0.39, 0.29) is 18.2 Å². The van der Waals surface area contributed by atoms with Crippen LogP contribution >= 0.6 is 0 Å². The number of amides is 2. The van der Waals surface area contributed by atoms with Gasteiger partial charge in [-0.05, 0) is 44.7 Å². The minimum absolute atomic E-state index is 0.00786. The molecule has 0 aliphatic heterocycles. The molecule has 25 heavy (non-hydrogen) atoms. The summed E-state index contributed by atoms with van der Waals surface area (Å²) in [7, 11) is 3.10. The van der Waals surface area contributed by atoms with Crippen LogP contribution in [0.25, 0.3) is 0 Å². The van der Waals surface area contributed by atoms with Gasteiger partial charge in [-0.25, -0.2) is 4.79 Å². The SMILES string of the molecule is CCCC[C@H](CC(=O)N(C)C(=O)OC(C)(C)C)c1ccccc1OC. The van der Waals surface area contributed by atoms with Gasteiger partial charge in [0.15, 0.2) is 0 Å². The number of carbonyl (C=O) groups excluding carboxylic acids is 2. The summed E-state index contributed by atoms with van der Waals surface area (Å²) in [5, 5.41) is 0. The van der Waals surface area contributed by atoms with E-state index in [4.69, 9.17) is 9.47 Å². The third kappa shape index (κ3) is 6.77. The summed E-state index contributed by atoms with van der Waals surface area (Å²) in [5.74, 6) is 0.533. The van der Waals surface area contributed by atoms with Gasteiger partial charge in [0.1, 0.15) is 11.4 Å². The minimum Gasteiger partial charge on any atom is -0.496 e. The van der Waals surface area contributed by atoms with Gasteiger partial charge < -0.3 is 9.47 Å². The average molecular weight is 349 g/mol. The molecule has 0 spiro atoms. The molecule has 5 heteroatoms. The maximum atomic E-state index is 12.6. The second-order valence-corrected chi connectivity index (χ2v) is 7.22. The number of hydrogen-bond donors (Lipinski definition) is 0. The lowest BCUT2D eigenvalue weighted by atomic mass is 9.89. The number of benzene rings is 1. The van der Waals surface area contributed by atoms with Crippen LogP contribution in [0.5, 0.6) is 5.75 Å². The zero-order valence-corrected chi connectivity index (χ0v) is 16.3. The summed E-state index contributed by atoms with van der Waals surface area (Å²) < 4.78 is 10.7. The zero-order chi connectivity index (χ0) is 19.0. The summed E-state index contributed by atoms with van der Waals surface area (Å²) in [6.07, 6.45) is 2.54. The highest BCUT2D eigenvalue weighted by atomic mass is 16.6. The van der Waals surface area contributed by atoms with Gasteiger partial charge in [0.25, 0.3) is 0 Å². The van der Waals surface area contributed by atoms with E-state index in [9.17, 15) is 9.59 Å². The fourth-order valence-electron chi connectivity index (χ4n) is 2.60. The van der Waals surface area contributed by atoms with Gasteiger partial charge in [-0.1, -0.05) is 38.0 Å². The molecule has 0 aliphatic carbocycles. The van der Waals surface area contributed by atoms with Gasteiger partial charge in [-0.2, -0.15) is 0 Å². The molecule has 0 N–H and O–H groups in total. The molecule has 1 rings (SSSR count). The third-order valence-electron chi connectivity index (χ3n) is 3.95. The first-order valence-corrected chi connectivity index (χ1v) is 8.82. The van der Waals surface area contributed by atoms with Crippen molar-refractivity contribution in [2.24, 2.45) is 0 Å². The second kappa shape index (κ2) is 9.44. The molecular weight excluding hydrogens is 318 g/mol. The van der Waals surface area contributed by atoms with Gasteiger partial charge in [0, 0.05) is 13.5 Å². The van der Waals surface area contributed by atoms with Gasteiger partial charge in [-0.3, -0.25) is 9.69 Å². The Hall–Kier alpha value is -2.04. The van der Waals surface area contributed by atoms with Crippen molar-refractivity contribution in [3.63, 3.8) is 0 Å². The van der Waals surface area contributed by atoms with Gasteiger partial charge in [-0.15, -0.1) is 0 Å². The highest BCUT2D eigenvalue weighted by Gasteiger charge is 2.27. The Labute approximate surface area is 151 Å². The van der Waals surface area contributed by atoms with E-state index in [0.717, 1.165) is 35.5 Å². The number of unbranched alkanes of at least 4 members (excludes halogenated alkanes) is 1. The molecule has 1 aromatic carbocycles. The quantitative estimate of drug-likeness (QED) is 0.712. The number of hydrogen-bond acceptors (Lipinski definition) is 4. The molecule has 0 bridgehead atoms. The Bertz CT molecular complexity index is 577. The average Bonchev–Trinajstić information content (AvgIpc) is 2.56. The van der Waals surface area contributed by atoms with Crippen molar-refractivity contribution >= 4 is 12.0 Å². The molecule has 0 saturated carbocycles. The summed E-state index contributed by atoms with van der Waals surface area (Å²) in [5.41, 5.74) is 0.375. The molecule has 0 aliphatic rings. The number of carbonyl (C=O) groups is 2. The summed E-state index contributed by atoms with van der Waals surface area (Å²) in [4.78, 5) is 25.8. The van der Waals surface area contributed by atoms with Crippen LogP contribution in [0.2, 0.25) is 0 Å². The Balaban J connectivity index is 2.90. The summed E-state index contributed by atoms with van der Waals surface area (Å²) in [6, 6.07) is 7.74. The fourth-order valence-corrected chi connectivity index (χ4v) is 2.60. The van der Waals surface area contributed by atoms with Crippen LogP contribution in [0, 0.1) is 0 Å². The Morgan fingerprint density at radius 2 is 1.84 bits per heavy atom. The van der Waals surface area contributed by atoms with Crippen LogP contribution in [0.15, 0.2) is 24.3 Å². The number of rotatable bonds is 7. The van der Waals surface area contributed by atoms with Crippen molar-refractivity contribution in [1.29, 1.82) is 0 Å². The lowest BCUT2D eigenvalue weighted by molar-refractivity contribution is -0.129.